The molecule has 2 heteroatoms. The summed E-state index contributed by atoms with van der Waals surface area (Å²) in [5, 5.41) is 3.57. The first kappa shape index (κ1) is 8.27. The van der Waals surface area contributed by atoms with Crippen LogP contribution in [0.2, 0.25) is 0 Å². The van der Waals surface area contributed by atoms with Crippen LogP contribution in [0.3, 0.4) is 0 Å². The van der Waals surface area contributed by atoms with Gasteiger partial charge in [0.25, 0.3) is 0 Å². The first-order valence-corrected chi connectivity index (χ1v) is 4.97. The summed E-state index contributed by atoms with van der Waals surface area (Å²) in [6.45, 7) is 8.62. The second-order valence-corrected chi connectivity index (χ2v) is 3.95. The van der Waals surface area contributed by atoms with Gasteiger partial charge in [-0.3, -0.25) is 4.90 Å². The van der Waals surface area contributed by atoms with E-state index >= 15 is 0 Å². The molecule has 2 heterocycles. The maximum absolute atomic E-state index is 3.78. The number of fused-ring (bicyclic) bond motifs is 1. The standard InChI is InChI=1S/C10H18N2/c1-2-6-12-7-4-10-9(8-12)3-5-11-10/h2,9-11H,1,3-8H2. The van der Waals surface area contributed by atoms with E-state index in [9.17, 15) is 0 Å². The summed E-state index contributed by atoms with van der Waals surface area (Å²) in [5.74, 6) is 0.915. The van der Waals surface area contributed by atoms with Crippen molar-refractivity contribution in [3.63, 3.8) is 0 Å². The quantitative estimate of drug-likeness (QED) is 0.612. The molecule has 0 bridgehead atoms. The highest BCUT2D eigenvalue weighted by molar-refractivity contribution is 4.91. The van der Waals surface area contributed by atoms with Crippen LogP contribution in [0.5, 0.6) is 0 Å². The number of rotatable bonds is 2. The van der Waals surface area contributed by atoms with Gasteiger partial charge >= 0.3 is 0 Å². The van der Waals surface area contributed by atoms with E-state index in [1.807, 2.05) is 6.08 Å². The summed E-state index contributed by atoms with van der Waals surface area (Å²) in [6, 6.07) is 0.825. The van der Waals surface area contributed by atoms with Crippen molar-refractivity contribution in [2.75, 3.05) is 26.2 Å². The third-order valence-corrected chi connectivity index (χ3v) is 3.13. The zero-order valence-electron chi connectivity index (χ0n) is 7.63. The van der Waals surface area contributed by atoms with Crippen LogP contribution in [0.25, 0.3) is 0 Å². The predicted octanol–water partition coefficient (Wildman–Crippen LogP) is 0.856. The average molecular weight is 166 g/mol. The number of hydrogen-bond acceptors (Lipinski definition) is 2. The Morgan fingerprint density at radius 2 is 2.42 bits per heavy atom. The number of piperidine rings is 1. The topological polar surface area (TPSA) is 15.3 Å². The van der Waals surface area contributed by atoms with Gasteiger partial charge < -0.3 is 5.32 Å². The molecule has 1 N–H and O–H groups in total. The molecule has 2 aliphatic rings. The molecule has 2 unspecified atom stereocenters. The highest BCUT2D eigenvalue weighted by Crippen LogP contribution is 2.24. The molecule has 2 atom stereocenters. The lowest BCUT2D eigenvalue weighted by molar-refractivity contribution is 0.178. The van der Waals surface area contributed by atoms with E-state index in [1.54, 1.807) is 0 Å². The van der Waals surface area contributed by atoms with E-state index in [1.165, 1.54) is 32.5 Å². The van der Waals surface area contributed by atoms with Crippen LogP contribution in [0, 0.1) is 5.92 Å². The van der Waals surface area contributed by atoms with Gasteiger partial charge in [-0.25, -0.2) is 0 Å². The van der Waals surface area contributed by atoms with Gasteiger partial charge in [0.15, 0.2) is 0 Å². The number of hydrogen-bond donors (Lipinski definition) is 1. The molecule has 0 aromatic carbocycles. The molecule has 0 radical (unpaired) electrons. The van der Waals surface area contributed by atoms with Gasteiger partial charge in [-0.2, -0.15) is 0 Å². The van der Waals surface area contributed by atoms with Crippen LogP contribution in [0.15, 0.2) is 12.7 Å². The van der Waals surface area contributed by atoms with Crippen molar-refractivity contribution in [2.24, 2.45) is 5.92 Å². The second-order valence-electron chi connectivity index (χ2n) is 3.95. The van der Waals surface area contributed by atoms with E-state index < -0.39 is 0 Å². The van der Waals surface area contributed by atoms with E-state index in [0.29, 0.717) is 0 Å². The molecular weight excluding hydrogens is 148 g/mol. The van der Waals surface area contributed by atoms with E-state index in [2.05, 4.69) is 16.8 Å². The molecule has 0 aromatic rings. The Hall–Kier alpha value is -0.340. The Labute approximate surface area is 74.6 Å². The minimum Gasteiger partial charge on any atom is -0.314 e. The van der Waals surface area contributed by atoms with Crippen LogP contribution in [0.1, 0.15) is 12.8 Å². The van der Waals surface area contributed by atoms with Gasteiger partial charge in [0, 0.05) is 19.1 Å². The van der Waals surface area contributed by atoms with Crippen molar-refractivity contribution in [3.8, 4) is 0 Å². The molecule has 2 saturated heterocycles. The van der Waals surface area contributed by atoms with Crippen LogP contribution in [0.4, 0.5) is 0 Å². The van der Waals surface area contributed by atoms with Crippen molar-refractivity contribution in [3.05, 3.63) is 12.7 Å². The smallest absolute Gasteiger partial charge is 0.0160 e. The number of nitrogens with zero attached hydrogens (tertiary/aromatic N) is 1. The zero-order chi connectivity index (χ0) is 8.39. The monoisotopic (exact) mass is 166 g/mol. The average Bonchev–Trinajstić information content (AvgIpc) is 2.51. The predicted molar refractivity (Wildman–Crippen MR) is 51.2 cm³/mol. The van der Waals surface area contributed by atoms with Gasteiger partial charge in [-0.05, 0) is 31.8 Å². The van der Waals surface area contributed by atoms with E-state index in [-0.39, 0.29) is 0 Å². The SMILES string of the molecule is C=CCN1CCC2NCCC2C1. The fourth-order valence-corrected chi connectivity index (χ4v) is 2.47. The lowest BCUT2D eigenvalue weighted by Gasteiger charge is -2.34. The normalized spacial score (nSPS) is 36.3. The van der Waals surface area contributed by atoms with Crippen molar-refractivity contribution in [1.82, 2.24) is 10.2 Å². The highest BCUT2D eigenvalue weighted by Gasteiger charge is 2.31. The van der Waals surface area contributed by atoms with Gasteiger partial charge in [-0.1, -0.05) is 6.08 Å². The summed E-state index contributed by atoms with van der Waals surface area (Å²) in [6.07, 6.45) is 4.72. The van der Waals surface area contributed by atoms with Crippen molar-refractivity contribution in [1.29, 1.82) is 0 Å². The molecule has 0 aliphatic carbocycles. The summed E-state index contributed by atoms with van der Waals surface area (Å²) in [7, 11) is 0. The molecule has 12 heavy (non-hydrogen) atoms. The van der Waals surface area contributed by atoms with Crippen LogP contribution >= 0.6 is 0 Å². The van der Waals surface area contributed by atoms with Gasteiger partial charge in [0.1, 0.15) is 0 Å². The lowest BCUT2D eigenvalue weighted by Crippen LogP contribution is -2.44. The summed E-state index contributed by atoms with van der Waals surface area (Å²) < 4.78 is 0. The number of likely N-dealkylation sites (tertiary alicyclic amines) is 1. The van der Waals surface area contributed by atoms with Gasteiger partial charge in [-0.15, -0.1) is 6.58 Å². The van der Waals surface area contributed by atoms with Crippen molar-refractivity contribution in [2.45, 2.75) is 18.9 Å². The third kappa shape index (κ3) is 1.54. The first-order valence-electron chi connectivity index (χ1n) is 4.97. The lowest BCUT2D eigenvalue weighted by atomic mass is 9.93. The fraction of sp³-hybridized carbons (Fsp3) is 0.800. The minimum atomic E-state index is 0.825. The zero-order valence-corrected chi connectivity index (χ0v) is 7.63. The Morgan fingerprint density at radius 1 is 1.50 bits per heavy atom. The third-order valence-electron chi connectivity index (χ3n) is 3.13. The Kier molecular flexibility index (Phi) is 2.47. The number of nitrogens with one attached hydrogen (secondary N) is 1. The van der Waals surface area contributed by atoms with Crippen LogP contribution in [-0.2, 0) is 0 Å². The molecule has 0 spiro atoms. The molecule has 0 aromatic heterocycles. The molecule has 68 valence electrons. The Balaban J connectivity index is 1.87. The van der Waals surface area contributed by atoms with Crippen LogP contribution in [-0.4, -0.2) is 37.1 Å². The highest BCUT2D eigenvalue weighted by atomic mass is 15.2. The van der Waals surface area contributed by atoms with E-state index in [0.717, 1.165) is 18.5 Å². The Morgan fingerprint density at radius 3 is 3.25 bits per heavy atom. The van der Waals surface area contributed by atoms with Gasteiger partial charge in [0.05, 0.1) is 0 Å². The largest absolute Gasteiger partial charge is 0.314 e. The van der Waals surface area contributed by atoms with E-state index in [4.69, 9.17) is 0 Å². The maximum atomic E-state index is 3.78. The Bertz CT molecular complexity index is 167. The molecular formula is C10H18N2. The molecule has 0 saturated carbocycles. The van der Waals surface area contributed by atoms with Crippen LogP contribution < -0.4 is 5.32 Å². The molecule has 2 rings (SSSR count). The summed E-state index contributed by atoms with van der Waals surface area (Å²) in [5.41, 5.74) is 0. The molecule has 0 amide bonds. The summed E-state index contributed by atoms with van der Waals surface area (Å²) >= 11 is 0. The molecule has 2 fully saturated rings. The molecule has 2 aliphatic heterocycles. The van der Waals surface area contributed by atoms with Crippen molar-refractivity contribution < 1.29 is 0 Å². The van der Waals surface area contributed by atoms with Gasteiger partial charge in [0.2, 0.25) is 0 Å². The minimum absolute atomic E-state index is 0.825. The molecule has 2 nitrogen and oxygen atoms in total. The second kappa shape index (κ2) is 3.58. The fourth-order valence-electron chi connectivity index (χ4n) is 2.47. The first-order chi connectivity index (χ1) is 5.90. The summed E-state index contributed by atoms with van der Waals surface area (Å²) in [4.78, 5) is 2.52. The van der Waals surface area contributed by atoms with Crippen molar-refractivity contribution >= 4 is 0 Å². The maximum Gasteiger partial charge on any atom is 0.0160 e.